The first-order valence-electron chi connectivity index (χ1n) is 10.6. The molecule has 0 aliphatic heterocycles. The Morgan fingerprint density at radius 2 is 1.91 bits per heavy atom. The molecule has 0 spiro atoms. The quantitative estimate of drug-likeness (QED) is 0.295. The van der Waals surface area contributed by atoms with Crippen LogP contribution in [-0.4, -0.2) is 41.4 Å². The Hall–Kier alpha value is -3.05. The van der Waals surface area contributed by atoms with E-state index in [1.165, 1.54) is 12.1 Å². The van der Waals surface area contributed by atoms with Crippen molar-refractivity contribution in [1.29, 1.82) is 0 Å². The number of ether oxygens (including phenoxy) is 1. The second-order valence-corrected chi connectivity index (χ2v) is 7.86. The van der Waals surface area contributed by atoms with Crippen molar-refractivity contribution >= 4 is 28.9 Å². The van der Waals surface area contributed by atoms with Crippen LogP contribution in [0.2, 0.25) is 5.02 Å². The number of nitrogens with zero attached hydrogens (tertiary/aromatic N) is 2. The average molecular weight is 503 g/mol. The van der Waals surface area contributed by atoms with Crippen molar-refractivity contribution in [3.05, 3.63) is 57.1 Å². The molecule has 0 radical (unpaired) electrons. The number of anilines is 1. The van der Waals surface area contributed by atoms with Crippen LogP contribution in [0, 0.1) is 10.1 Å². The van der Waals surface area contributed by atoms with Gasteiger partial charge in [0.2, 0.25) is 5.91 Å². The number of carbonyl (C=O) groups is 1. The highest BCUT2D eigenvalue weighted by molar-refractivity contribution is 6.32. The molecule has 1 atom stereocenters. The monoisotopic (exact) mass is 502 g/mol. The lowest BCUT2D eigenvalue weighted by Gasteiger charge is -2.21. The Labute approximate surface area is 200 Å². The van der Waals surface area contributed by atoms with E-state index in [0.29, 0.717) is 12.8 Å². The summed E-state index contributed by atoms with van der Waals surface area (Å²) in [7, 11) is 0. The maximum atomic E-state index is 12.8. The summed E-state index contributed by atoms with van der Waals surface area (Å²) in [6.07, 6.45) is -3.59. The molecule has 34 heavy (non-hydrogen) atoms. The molecule has 0 heterocycles. The van der Waals surface area contributed by atoms with Gasteiger partial charge in [-0.25, -0.2) is 0 Å². The second-order valence-electron chi connectivity index (χ2n) is 7.45. The third-order valence-electron chi connectivity index (χ3n) is 5.19. The maximum absolute atomic E-state index is 12.8. The van der Waals surface area contributed by atoms with Gasteiger partial charge in [0, 0.05) is 12.1 Å². The van der Waals surface area contributed by atoms with Gasteiger partial charge in [-0.1, -0.05) is 25.4 Å². The molecule has 2 rings (SSSR count). The third kappa shape index (κ3) is 7.49. The van der Waals surface area contributed by atoms with Crippen LogP contribution in [-0.2, 0) is 11.0 Å². The van der Waals surface area contributed by atoms with E-state index in [9.17, 15) is 28.1 Å². The first-order valence-corrected chi connectivity index (χ1v) is 10.9. The number of nitro groups is 1. The molecule has 2 aromatic carbocycles. The zero-order valence-electron chi connectivity index (χ0n) is 18.7. The van der Waals surface area contributed by atoms with E-state index in [4.69, 9.17) is 22.1 Å². The molecule has 0 aromatic heterocycles. The number of hydrogen-bond donors (Lipinski definition) is 2. The molecule has 0 fully saturated rings. The van der Waals surface area contributed by atoms with Gasteiger partial charge in [0.1, 0.15) is 23.2 Å². The van der Waals surface area contributed by atoms with Gasteiger partial charge in [-0.3, -0.25) is 14.9 Å². The van der Waals surface area contributed by atoms with Crippen molar-refractivity contribution in [2.45, 2.75) is 38.9 Å². The number of rotatable bonds is 12. The molecule has 0 aliphatic carbocycles. The molecule has 0 saturated carbocycles. The van der Waals surface area contributed by atoms with Crippen LogP contribution < -0.4 is 15.8 Å². The van der Waals surface area contributed by atoms with Gasteiger partial charge in [-0.15, -0.1) is 0 Å². The Morgan fingerprint density at radius 3 is 2.44 bits per heavy atom. The number of halogens is 4. The van der Waals surface area contributed by atoms with Gasteiger partial charge < -0.3 is 20.7 Å². The molecule has 8 nitrogen and oxygen atoms in total. The number of nitrogens with two attached hydrogens (primary N) is 1. The number of nitrogens with one attached hydrogen (secondary N) is 1. The molecule has 186 valence electrons. The SMILES string of the molecule is CCN(CC)CCCC(Nc1cc(Oc2ccc(C(F)(F)F)cc2Cl)ccc1[N+](=O)[O-])C(N)=O. The van der Waals surface area contributed by atoms with Crippen LogP contribution in [0.3, 0.4) is 0 Å². The highest BCUT2D eigenvalue weighted by Crippen LogP contribution is 2.38. The Morgan fingerprint density at radius 1 is 1.24 bits per heavy atom. The van der Waals surface area contributed by atoms with Gasteiger partial charge in [0.05, 0.1) is 15.5 Å². The molecular weight excluding hydrogens is 477 g/mol. The zero-order chi connectivity index (χ0) is 25.5. The first kappa shape index (κ1) is 27.2. The normalized spacial score (nSPS) is 12.4. The van der Waals surface area contributed by atoms with E-state index in [-0.39, 0.29) is 27.9 Å². The van der Waals surface area contributed by atoms with Gasteiger partial charge in [-0.2, -0.15) is 13.2 Å². The topological polar surface area (TPSA) is 111 Å². The maximum Gasteiger partial charge on any atom is 0.416 e. The number of amides is 1. The molecule has 0 bridgehead atoms. The van der Waals surface area contributed by atoms with Crippen LogP contribution >= 0.6 is 11.6 Å². The van der Waals surface area contributed by atoms with Crippen LogP contribution in [0.1, 0.15) is 32.3 Å². The van der Waals surface area contributed by atoms with Gasteiger partial charge >= 0.3 is 6.18 Å². The van der Waals surface area contributed by atoms with Crippen LogP contribution in [0.15, 0.2) is 36.4 Å². The van der Waals surface area contributed by atoms with Crippen molar-refractivity contribution in [3.8, 4) is 11.5 Å². The van der Waals surface area contributed by atoms with E-state index < -0.39 is 28.6 Å². The van der Waals surface area contributed by atoms with E-state index in [1.807, 2.05) is 13.8 Å². The summed E-state index contributed by atoms with van der Waals surface area (Å²) in [5.74, 6) is -0.674. The minimum Gasteiger partial charge on any atom is -0.456 e. The average Bonchev–Trinajstić information content (AvgIpc) is 2.76. The van der Waals surface area contributed by atoms with Crippen LogP contribution in [0.4, 0.5) is 24.5 Å². The van der Waals surface area contributed by atoms with Crippen molar-refractivity contribution in [3.63, 3.8) is 0 Å². The number of hydrogen-bond acceptors (Lipinski definition) is 6. The lowest BCUT2D eigenvalue weighted by atomic mass is 10.1. The van der Waals surface area contributed by atoms with Crippen molar-refractivity contribution in [1.82, 2.24) is 4.90 Å². The first-order chi connectivity index (χ1) is 16.0. The number of alkyl halides is 3. The van der Waals surface area contributed by atoms with Gasteiger partial charge in [0.25, 0.3) is 5.69 Å². The van der Waals surface area contributed by atoms with Crippen LogP contribution in [0.25, 0.3) is 0 Å². The Bertz CT molecular complexity index is 1020. The number of benzene rings is 2. The van der Waals surface area contributed by atoms with Crippen molar-refractivity contribution in [2.24, 2.45) is 5.73 Å². The molecule has 1 unspecified atom stereocenters. The van der Waals surface area contributed by atoms with Gasteiger partial charge in [-0.05, 0) is 56.7 Å². The molecule has 2 aromatic rings. The minimum absolute atomic E-state index is 0.0165. The summed E-state index contributed by atoms with van der Waals surface area (Å²) in [6, 6.07) is 5.41. The van der Waals surface area contributed by atoms with E-state index >= 15 is 0 Å². The summed E-state index contributed by atoms with van der Waals surface area (Å²) in [6.45, 7) is 6.47. The molecule has 0 saturated heterocycles. The van der Waals surface area contributed by atoms with E-state index in [2.05, 4.69) is 10.2 Å². The van der Waals surface area contributed by atoms with E-state index in [1.54, 1.807) is 0 Å². The lowest BCUT2D eigenvalue weighted by Crippen LogP contribution is -2.36. The minimum atomic E-state index is -4.57. The van der Waals surface area contributed by atoms with E-state index in [0.717, 1.165) is 43.9 Å². The van der Waals surface area contributed by atoms with Crippen molar-refractivity contribution in [2.75, 3.05) is 25.0 Å². The largest absolute Gasteiger partial charge is 0.456 e. The number of nitro benzene ring substituents is 1. The summed E-state index contributed by atoms with van der Waals surface area (Å²) < 4.78 is 44.1. The number of primary amides is 1. The number of carbonyl (C=O) groups excluding carboxylic acids is 1. The molecule has 3 N–H and O–H groups in total. The fourth-order valence-corrected chi connectivity index (χ4v) is 3.49. The molecule has 12 heteroatoms. The fraction of sp³-hybridized carbons (Fsp3) is 0.409. The smallest absolute Gasteiger partial charge is 0.416 e. The zero-order valence-corrected chi connectivity index (χ0v) is 19.4. The Kier molecular flexibility index (Phi) is 9.51. The van der Waals surface area contributed by atoms with Crippen molar-refractivity contribution < 1.29 is 27.6 Å². The standard InChI is InChI=1S/C22H26ClF3N4O4/c1-3-29(4-2)11-5-6-17(21(27)31)28-18-13-15(8-9-19(18)30(32)33)34-20-10-7-14(12-16(20)23)22(24,25)26/h7-10,12-13,17,28H,3-6,11H2,1-2H3,(H2,27,31). The summed E-state index contributed by atoms with van der Waals surface area (Å²) in [4.78, 5) is 25.0. The highest BCUT2D eigenvalue weighted by Gasteiger charge is 2.31. The molecule has 0 aliphatic rings. The Balaban J connectivity index is 2.25. The lowest BCUT2D eigenvalue weighted by molar-refractivity contribution is -0.384. The van der Waals surface area contributed by atoms with Gasteiger partial charge in [0.15, 0.2) is 0 Å². The second kappa shape index (κ2) is 11.9. The fourth-order valence-electron chi connectivity index (χ4n) is 3.27. The third-order valence-corrected chi connectivity index (χ3v) is 5.48. The summed E-state index contributed by atoms with van der Waals surface area (Å²) >= 11 is 5.93. The summed E-state index contributed by atoms with van der Waals surface area (Å²) in [5.41, 5.74) is 4.22. The predicted molar refractivity (Wildman–Crippen MR) is 123 cm³/mol. The van der Waals surface area contributed by atoms with Crippen LogP contribution in [0.5, 0.6) is 11.5 Å². The summed E-state index contributed by atoms with van der Waals surface area (Å²) in [5, 5.41) is 14.0. The highest BCUT2D eigenvalue weighted by atomic mass is 35.5. The molecular formula is C22H26ClF3N4O4. The predicted octanol–water partition coefficient (Wildman–Crippen LogP) is 5.45. The molecule has 1 amide bonds.